The van der Waals surface area contributed by atoms with E-state index in [9.17, 15) is 0 Å². The molecule has 0 spiro atoms. The highest BCUT2D eigenvalue weighted by atomic mass is 28.4. The van der Waals surface area contributed by atoms with Gasteiger partial charge in [-0.3, -0.25) is 0 Å². The molecule has 140 valence electrons. The molecule has 0 rings (SSSR count). The Morgan fingerprint density at radius 3 is 1.17 bits per heavy atom. The fraction of sp³-hybridized carbons (Fsp3) is 1.00. The minimum atomic E-state index is -1.89. The molecular formula is C20H44O2Si. The molecule has 0 aliphatic rings. The highest BCUT2D eigenvalue weighted by Crippen LogP contribution is 2.20. The van der Waals surface area contributed by atoms with Crippen LogP contribution in [0, 0.1) is 0 Å². The normalized spacial score (nSPS) is 12.0. The van der Waals surface area contributed by atoms with E-state index in [0.29, 0.717) is 0 Å². The third-order valence-corrected chi connectivity index (χ3v) is 8.42. The van der Waals surface area contributed by atoms with Gasteiger partial charge in [0.2, 0.25) is 0 Å². The lowest BCUT2D eigenvalue weighted by Crippen LogP contribution is -2.41. The average molecular weight is 345 g/mol. The Morgan fingerprint density at radius 2 is 0.826 bits per heavy atom. The third kappa shape index (κ3) is 13.1. The van der Waals surface area contributed by atoms with Gasteiger partial charge in [0.05, 0.1) is 0 Å². The Balaban J connectivity index is 3.74. The number of unbranched alkanes of at least 4 members (excludes halogenated alkanes) is 10. The minimum absolute atomic E-state index is 0.913. The second-order valence-corrected chi connectivity index (χ2v) is 10.7. The lowest BCUT2D eigenvalue weighted by Gasteiger charge is -2.29. The monoisotopic (exact) mass is 344 g/mol. The second-order valence-electron chi connectivity index (χ2n) is 6.85. The van der Waals surface area contributed by atoms with Crippen molar-refractivity contribution in [2.24, 2.45) is 0 Å². The first-order chi connectivity index (χ1) is 11.2. The highest BCUT2D eigenvalue weighted by Gasteiger charge is 2.33. The van der Waals surface area contributed by atoms with Gasteiger partial charge in [-0.15, -0.1) is 0 Å². The molecule has 0 unspecified atom stereocenters. The maximum atomic E-state index is 6.30. The Kier molecular flexibility index (Phi) is 17.1. The van der Waals surface area contributed by atoms with Gasteiger partial charge < -0.3 is 8.85 Å². The van der Waals surface area contributed by atoms with Crippen LogP contribution in [0.3, 0.4) is 0 Å². The van der Waals surface area contributed by atoms with Crippen LogP contribution in [-0.4, -0.2) is 21.8 Å². The van der Waals surface area contributed by atoms with Gasteiger partial charge in [0.15, 0.2) is 0 Å². The summed E-state index contributed by atoms with van der Waals surface area (Å²) < 4.78 is 12.6. The highest BCUT2D eigenvalue weighted by molar-refractivity contribution is 6.67. The first kappa shape index (κ1) is 23.1. The van der Waals surface area contributed by atoms with Gasteiger partial charge >= 0.3 is 8.56 Å². The van der Waals surface area contributed by atoms with E-state index >= 15 is 0 Å². The largest absolute Gasteiger partial charge is 0.394 e. The maximum Gasteiger partial charge on any atom is 0.337 e. The molecule has 0 radical (unpaired) electrons. The predicted molar refractivity (Wildman–Crippen MR) is 105 cm³/mol. The minimum Gasteiger partial charge on any atom is -0.394 e. The van der Waals surface area contributed by atoms with Gasteiger partial charge in [-0.2, -0.15) is 0 Å². The van der Waals surface area contributed by atoms with E-state index in [1.54, 1.807) is 0 Å². The summed E-state index contributed by atoms with van der Waals surface area (Å²) in [4.78, 5) is 0. The number of hydrogen-bond donors (Lipinski definition) is 0. The Hall–Kier alpha value is 0.137. The molecule has 23 heavy (non-hydrogen) atoms. The Bertz CT molecular complexity index is 210. The van der Waals surface area contributed by atoms with Crippen molar-refractivity contribution in [1.82, 2.24) is 0 Å². The molecule has 0 aromatic rings. The van der Waals surface area contributed by atoms with Crippen LogP contribution in [0.1, 0.15) is 105 Å². The summed E-state index contributed by atoms with van der Waals surface area (Å²) in [6, 6.07) is 2.18. The smallest absolute Gasteiger partial charge is 0.337 e. The topological polar surface area (TPSA) is 18.5 Å². The summed E-state index contributed by atoms with van der Waals surface area (Å²) in [7, 11) is -1.89. The van der Waals surface area contributed by atoms with E-state index in [0.717, 1.165) is 25.3 Å². The molecule has 0 saturated carbocycles. The van der Waals surface area contributed by atoms with Crippen LogP contribution in [0.4, 0.5) is 0 Å². The lowest BCUT2D eigenvalue weighted by atomic mass is 10.1. The van der Waals surface area contributed by atoms with E-state index in [1.807, 2.05) is 0 Å². The summed E-state index contributed by atoms with van der Waals surface area (Å²) in [5.74, 6) is 0. The zero-order valence-corrected chi connectivity index (χ0v) is 17.6. The molecule has 0 bridgehead atoms. The number of hydrogen-bond acceptors (Lipinski definition) is 2. The van der Waals surface area contributed by atoms with Crippen molar-refractivity contribution in [1.29, 1.82) is 0 Å². The van der Waals surface area contributed by atoms with Crippen molar-refractivity contribution in [3.05, 3.63) is 0 Å². The van der Waals surface area contributed by atoms with Crippen molar-refractivity contribution in [2.75, 3.05) is 13.2 Å². The molecular weight excluding hydrogens is 300 g/mol. The van der Waals surface area contributed by atoms with E-state index < -0.39 is 8.56 Å². The first-order valence-electron chi connectivity index (χ1n) is 10.5. The molecule has 0 aromatic carbocycles. The van der Waals surface area contributed by atoms with Crippen LogP contribution < -0.4 is 0 Å². The van der Waals surface area contributed by atoms with Gasteiger partial charge in [-0.05, 0) is 24.9 Å². The summed E-state index contributed by atoms with van der Waals surface area (Å²) >= 11 is 0. The number of rotatable bonds is 18. The average Bonchev–Trinajstić information content (AvgIpc) is 2.58. The summed E-state index contributed by atoms with van der Waals surface area (Å²) in [5, 5.41) is 0. The molecule has 0 aromatic heterocycles. The van der Waals surface area contributed by atoms with E-state index in [4.69, 9.17) is 8.85 Å². The van der Waals surface area contributed by atoms with Gasteiger partial charge in [0, 0.05) is 13.2 Å². The van der Waals surface area contributed by atoms with Crippen LogP contribution >= 0.6 is 0 Å². The SMILES string of the molecule is CCCCCCCCO[Si](CC)(CC)OCCCCCCCC. The predicted octanol–water partition coefficient (Wildman–Crippen LogP) is 7.22. The quantitative estimate of drug-likeness (QED) is 0.193. The molecule has 0 saturated heterocycles. The van der Waals surface area contributed by atoms with Crippen LogP contribution in [0.15, 0.2) is 0 Å². The van der Waals surface area contributed by atoms with Crippen molar-refractivity contribution in [3.63, 3.8) is 0 Å². The molecule has 2 nitrogen and oxygen atoms in total. The van der Waals surface area contributed by atoms with Crippen molar-refractivity contribution >= 4 is 8.56 Å². The van der Waals surface area contributed by atoms with Gasteiger partial charge in [-0.25, -0.2) is 0 Å². The first-order valence-corrected chi connectivity index (χ1v) is 12.8. The van der Waals surface area contributed by atoms with Crippen LogP contribution in [-0.2, 0) is 8.85 Å². The molecule has 0 aliphatic heterocycles. The fourth-order valence-corrected chi connectivity index (χ4v) is 5.41. The zero-order chi connectivity index (χ0) is 17.2. The molecule has 0 N–H and O–H groups in total. The van der Waals surface area contributed by atoms with Crippen molar-refractivity contribution in [2.45, 2.75) is 117 Å². The Morgan fingerprint density at radius 1 is 0.478 bits per heavy atom. The molecule has 0 atom stereocenters. The van der Waals surface area contributed by atoms with Crippen LogP contribution in [0.25, 0.3) is 0 Å². The summed E-state index contributed by atoms with van der Waals surface area (Å²) in [5.41, 5.74) is 0. The molecule has 0 amide bonds. The zero-order valence-electron chi connectivity index (χ0n) is 16.6. The van der Waals surface area contributed by atoms with Crippen LogP contribution in [0.2, 0.25) is 12.1 Å². The molecule has 3 heteroatoms. The second kappa shape index (κ2) is 17.0. The van der Waals surface area contributed by atoms with E-state index in [1.165, 1.54) is 77.0 Å². The molecule has 0 heterocycles. The lowest BCUT2D eigenvalue weighted by molar-refractivity contribution is 0.163. The molecule has 0 fully saturated rings. The maximum absolute atomic E-state index is 6.30. The van der Waals surface area contributed by atoms with Gasteiger partial charge in [0.1, 0.15) is 0 Å². The summed E-state index contributed by atoms with van der Waals surface area (Å²) in [6.07, 6.45) is 15.9. The fourth-order valence-electron chi connectivity index (χ4n) is 2.98. The van der Waals surface area contributed by atoms with E-state index in [-0.39, 0.29) is 0 Å². The van der Waals surface area contributed by atoms with Gasteiger partial charge in [-0.1, -0.05) is 91.9 Å². The third-order valence-electron chi connectivity index (χ3n) is 4.80. The van der Waals surface area contributed by atoms with Crippen molar-refractivity contribution in [3.8, 4) is 0 Å². The summed E-state index contributed by atoms with van der Waals surface area (Å²) in [6.45, 7) is 10.9. The molecule has 0 aliphatic carbocycles. The van der Waals surface area contributed by atoms with Gasteiger partial charge in [0.25, 0.3) is 0 Å². The van der Waals surface area contributed by atoms with E-state index in [2.05, 4.69) is 27.7 Å². The van der Waals surface area contributed by atoms with Crippen molar-refractivity contribution < 1.29 is 8.85 Å². The Labute approximate surface area is 148 Å². The standard InChI is InChI=1S/C20H44O2Si/c1-5-9-11-13-15-17-19-21-23(7-3,8-4)22-20-18-16-14-12-10-6-2/h5-20H2,1-4H3. The van der Waals surface area contributed by atoms with Crippen LogP contribution in [0.5, 0.6) is 0 Å².